The van der Waals surface area contributed by atoms with Gasteiger partial charge in [-0.3, -0.25) is 0 Å². The van der Waals surface area contributed by atoms with Crippen molar-refractivity contribution < 1.29 is 13.0 Å². The Bertz CT molecular complexity index is 1150. The average molecular weight is 603 g/mol. The van der Waals surface area contributed by atoms with E-state index in [4.69, 9.17) is 0 Å². The van der Waals surface area contributed by atoms with Crippen LogP contribution in [0.3, 0.4) is 0 Å². The smallest absolute Gasteiger partial charge is 0.124 e. The van der Waals surface area contributed by atoms with Gasteiger partial charge in [0.15, 0.2) is 0 Å². The highest BCUT2D eigenvalue weighted by Gasteiger charge is 2.59. The molecular weight excluding hydrogens is 545 g/mol. The van der Waals surface area contributed by atoms with Crippen LogP contribution in [0.15, 0.2) is 40.8 Å². The summed E-state index contributed by atoms with van der Waals surface area (Å²) in [4.78, 5) is -0.178. The van der Waals surface area contributed by atoms with E-state index in [1.807, 2.05) is 12.5 Å². The molecule has 232 valence electrons. The molecule has 0 radical (unpaired) electrons. The zero-order chi connectivity index (χ0) is 30.2. The molecule has 3 fully saturated rings. The van der Waals surface area contributed by atoms with Crippen LogP contribution in [0.4, 0.5) is 0 Å². The van der Waals surface area contributed by atoms with Gasteiger partial charge in [0.25, 0.3) is 0 Å². The summed E-state index contributed by atoms with van der Waals surface area (Å²) in [5.41, 5.74) is 4.00. The highest BCUT2D eigenvalue weighted by Crippen LogP contribution is 2.67. The normalized spacial score (nSPS) is 35.6. The maximum atomic E-state index is 10.4. The van der Waals surface area contributed by atoms with Crippen LogP contribution >= 0.6 is 0 Å². The molecule has 41 heavy (non-hydrogen) atoms. The lowest BCUT2D eigenvalue weighted by Gasteiger charge is -2.58. The molecule has 8 atom stereocenters. The fourth-order valence-electron chi connectivity index (χ4n) is 9.76. The van der Waals surface area contributed by atoms with Crippen molar-refractivity contribution in [3.05, 3.63) is 41.5 Å². The first-order chi connectivity index (χ1) is 19.2. The van der Waals surface area contributed by atoms with Gasteiger partial charge >= 0.3 is 0 Å². The monoisotopic (exact) mass is 602 g/mol. The summed E-state index contributed by atoms with van der Waals surface area (Å²) in [6.45, 7) is 14.6. The van der Waals surface area contributed by atoms with E-state index in [0.29, 0.717) is 21.7 Å². The first-order valence-electron chi connectivity index (χ1n) is 16.4. The summed E-state index contributed by atoms with van der Waals surface area (Å²) in [5.74, 6) is 5.78. The van der Waals surface area contributed by atoms with Crippen LogP contribution in [0.1, 0.15) is 111 Å². The van der Waals surface area contributed by atoms with E-state index in [1.54, 1.807) is 12.1 Å². The number of allylic oxidation sites excluding steroid dienone is 2. The van der Waals surface area contributed by atoms with Crippen molar-refractivity contribution in [3.8, 4) is 0 Å². The molecule has 0 amide bonds. The number of hydrogen-bond donors (Lipinski definition) is 0. The second kappa shape index (κ2) is 13.1. The Labute approximate surface area is 255 Å². The molecule has 4 aliphatic rings. The van der Waals surface area contributed by atoms with Crippen molar-refractivity contribution in [1.82, 2.24) is 0 Å². The molecule has 0 spiro atoms. The van der Waals surface area contributed by atoms with Crippen LogP contribution in [0.25, 0.3) is 0 Å². The minimum atomic E-state index is -4.27. The molecule has 0 N–H and O–H groups in total. The molecule has 8 unspecified atom stereocenters. The molecule has 4 aliphatic carbocycles. The molecule has 0 bridgehead atoms. The summed E-state index contributed by atoms with van der Waals surface area (Å²) in [5, 5.41) is 0.970. The van der Waals surface area contributed by atoms with Crippen LogP contribution < -0.4 is 0 Å². The maximum Gasteiger partial charge on any atom is 0.124 e. The Morgan fingerprint density at radius 1 is 0.951 bits per heavy atom. The minimum absolute atomic E-state index is 0.178. The number of fused-ring (bicyclic) bond motifs is 5. The van der Waals surface area contributed by atoms with E-state index in [-0.39, 0.29) is 4.90 Å². The van der Waals surface area contributed by atoms with Crippen LogP contribution in [0, 0.1) is 53.3 Å². The predicted molar refractivity (Wildman–Crippen MR) is 175 cm³/mol. The fraction of sp³-hybridized carbons (Fsp3) is 0.778. The second-order valence-corrected chi connectivity index (χ2v) is 19.1. The van der Waals surface area contributed by atoms with Crippen molar-refractivity contribution in [1.29, 1.82) is 0 Å². The lowest BCUT2D eigenvalue weighted by Crippen LogP contribution is -2.51. The van der Waals surface area contributed by atoms with Gasteiger partial charge in [-0.05, 0) is 121 Å². The van der Waals surface area contributed by atoms with Crippen LogP contribution in [0.5, 0.6) is 0 Å². The van der Waals surface area contributed by atoms with E-state index in [2.05, 4.69) is 53.2 Å². The summed E-state index contributed by atoms with van der Waals surface area (Å²) >= 11 is 0. The Morgan fingerprint density at radius 2 is 1.63 bits per heavy atom. The van der Waals surface area contributed by atoms with Crippen LogP contribution in [-0.4, -0.2) is 30.7 Å². The molecular formula is C36H58O3S2. The number of aryl methyl sites for hydroxylation is 1. The molecule has 5 heteroatoms. The van der Waals surface area contributed by atoms with Crippen molar-refractivity contribution in [2.75, 3.05) is 12.5 Å². The largest absolute Gasteiger partial charge is 0.744 e. The van der Waals surface area contributed by atoms with Gasteiger partial charge in [0, 0.05) is 6.42 Å². The fourth-order valence-corrected chi connectivity index (χ4v) is 11.3. The number of benzene rings is 1. The average Bonchev–Trinajstić information content (AvgIpc) is 3.25. The third-order valence-electron chi connectivity index (χ3n) is 12.2. The van der Waals surface area contributed by atoms with Crippen molar-refractivity contribution in [2.45, 2.75) is 122 Å². The van der Waals surface area contributed by atoms with Gasteiger partial charge in [0.1, 0.15) is 15.4 Å². The Balaban J connectivity index is 0.000000296. The third kappa shape index (κ3) is 7.14. The molecule has 1 aromatic carbocycles. The van der Waals surface area contributed by atoms with Gasteiger partial charge in [0.05, 0.1) is 17.4 Å². The molecule has 0 aromatic heterocycles. The van der Waals surface area contributed by atoms with Crippen LogP contribution in [0.2, 0.25) is 0 Å². The van der Waals surface area contributed by atoms with Gasteiger partial charge in [-0.25, -0.2) is 8.42 Å². The van der Waals surface area contributed by atoms with Crippen molar-refractivity contribution >= 4 is 21.0 Å². The zero-order valence-electron chi connectivity index (χ0n) is 27.2. The van der Waals surface area contributed by atoms with Gasteiger partial charge < -0.3 is 4.55 Å². The van der Waals surface area contributed by atoms with E-state index in [1.165, 1.54) is 82.8 Å². The van der Waals surface area contributed by atoms with E-state index >= 15 is 0 Å². The van der Waals surface area contributed by atoms with E-state index < -0.39 is 10.1 Å². The van der Waals surface area contributed by atoms with Crippen molar-refractivity contribution in [2.24, 2.45) is 46.3 Å². The van der Waals surface area contributed by atoms with Crippen molar-refractivity contribution in [3.63, 3.8) is 0 Å². The lowest BCUT2D eigenvalue weighted by molar-refractivity contribution is -0.0497. The van der Waals surface area contributed by atoms with Gasteiger partial charge in [0.2, 0.25) is 0 Å². The highest BCUT2D eigenvalue weighted by atomic mass is 32.2. The molecule has 5 rings (SSSR count). The van der Waals surface area contributed by atoms with E-state index in [9.17, 15) is 13.0 Å². The van der Waals surface area contributed by atoms with Gasteiger partial charge in [-0.1, -0.05) is 83.2 Å². The summed E-state index contributed by atoms with van der Waals surface area (Å²) in [6, 6.07) is 5.78. The van der Waals surface area contributed by atoms with E-state index in [0.717, 1.165) is 46.3 Å². The topological polar surface area (TPSA) is 57.2 Å². The number of hydrogen-bond acceptors (Lipinski definition) is 3. The lowest BCUT2D eigenvalue weighted by atomic mass is 9.47. The Kier molecular flexibility index (Phi) is 10.6. The number of rotatable bonds is 7. The summed E-state index contributed by atoms with van der Waals surface area (Å²) in [7, 11) is -3.68. The Morgan fingerprint density at radius 3 is 2.24 bits per heavy atom. The maximum absolute atomic E-state index is 10.4. The van der Waals surface area contributed by atoms with Gasteiger partial charge in [-0.2, -0.15) is 0 Å². The summed E-state index contributed by atoms with van der Waals surface area (Å²) < 4.78 is 31.2. The molecule has 0 heterocycles. The summed E-state index contributed by atoms with van der Waals surface area (Å²) in [6.07, 6.45) is 24.0. The molecule has 3 saturated carbocycles. The van der Waals surface area contributed by atoms with Crippen LogP contribution in [-0.2, 0) is 21.0 Å². The third-order valence-corrected chi connectivity index (χ3v) is 14.8. The standard InChI is InChI=1S/C29H51S.C7H8O3S/c1-20(2)9-8-10-21(3)25-13-14-26-24-12-11-22-19-23(30(6)7)15-17-28(22,4)27(24)16-18-29(25,26)5;1-6-2-4-7(5-3-6)11(8,9)10/h11,20-21,23-27H,8-10,12-19H2,1-7H3;2-5H,1H3,(H,8,9,10)/q+1;/p-1. The molecule has 0 saturated heterocycles. The minimum Gasteiger partial charge on any atom is -0.744 e. The first-order valence-corrected chi connectivity index (χ1v) is 20.0. The molecule has 3 nitrogen and oxygen atoms in total. The second-order valence-electron chi connectivity index (χ2n) is 15.3. The SMILES string of the molecule is CC(C)CCCC(C)C1CCC2C3CC=C4CC([S+](C)C)CCC4(C)C3CCC12C.Cc1ccc(S(=O)(=O)[O-])cc1. The zero-order valence-corrected chi connectivity index (χ0v) is 28.9. The Hall–Kier alpha value is -0.780. The quantitative estimate of drug-likeness (QED) is 0.178. The highest BCUT2D eigenvalue weighted by molar-refractivity contribution is 7.96. The molecule has 1 aromatic rings. The molecule has 0 aliphatic heterocycles. The van der Waals surface area contributed by atoms with Gasteiger partial charge in [-0.15, -0.1) is 0 Å². The predicted octanol–water partition coefficient (Wildman–Crippen LogP) is 9.17. The first kappa shape index (κ1) is 33.1.